The molecule has 1 amide bonds. The molecule has 1 rings (SSSR count). The van der Waals surface area contributed by atoms with Crippen LogP contribution >= 0.6 is 11.6 Å². The Bertz CT molecular complexity index is 155. The van der Waals surface area contributed by atoms with Gasteiger partial charge in [0.1, 0.15) is 6.10 Å². The van der Waals surface area contributed by atoms with E-state index in [4.69, 9.17) is 16.3 Å². The maximum Gasteiger partial charge on any atom is 0.249 e. The summed E-state index contributed by atoms with van der Waals surface area (Å²) in [6.45, 7) is 3.06. The smallest absolute Gasteiger partial charge is 0.249 e. The fourth-order valence-electron chi connectivity index (χ4n) is 1.14. The van der Waals surface area contributed by atoms with Gasteiger partial charge >= 0.3 is 0 Å². The van der Waals surface area contributed by atoms with Crippen molar-refractivity contribution in [3.05, 3.63) is 0 Å². The lowest BCUT2D eigenvalue weighted by molar-refractivity contribution is -0.130. The molecule has 2 atom stereocenters. The van der Waals surface area contributed by atoms with Crippen LogP contribution in [0, 0.1) is 0 Å². The molecule has 0 saturated carbocycles. The van der Waals surface area contributed by atoms with E-state index in [1.165, 1.54) is 0 Å². The lowest BCUT2D eigenvalue weighted by atomic mass is 10.2. The van der Waals surface area contributed by atoms with Gasteiger partial charge in [-0.15, -0.1) is 11.6 Å². The first-order valence-corrected chi connectivity index (χ1v) is 4.67. The molecule has 0 bridgehead atoms. The molecule has 3 nitrogen and oxygen atoms in total. The van der Waals surface area contributed by atoms with Gasteiger partial charge in [0.25, 0.3) is 0 Å². The average Bonchev–Trinajstić information content (AvgIpc) is 2.51. The van der Waals surface area contributed by atoms with E-state index in [1.807, 2.05) is 6.92 Å². The van der Waals surface area contributed by atoms with Gasteiger partial charge in [-0.05, 0) is 19.8 Å². The Balaban J connectivity index is 2.18. The summed E-state index contributed by atoms with van der Waals surface area (Å²) in [7, 11) is 0. The van der Waals surface area contributed by atoms with Gasteiger partial charge in [0, 0.05) is 18.5 Å². The van der Waals surface area contributed by atoms with Crippen LogP contribution in [0.1, 0.15) is 19.8 Å². The SMILES string of the molecule is CC(Cl)CNC(=O)C1CCCO1. The molecule has 4 heteroatoms. The van der Waals surface area contributed by atoms with Crippen molar-refractivity contribution in [1.82, 2.24) is 5.32 Å². The zero-order valence-corrected chi connectivity index (χ0v) is 7.93. The summed E-state index contributed by atoms with van der Waals surface area (Å²) in [6.07, 6.45) is 1.58. The fourth-order valence-corrected chi connectivity index (χ4v) is 1.22. The lowest BCUT2D eigenvalue weighted by Crippen LogP contribution is -2.36. The minimum absolute atomic E-state index is 0.0182. The number of halogens is 1. The van der Waals surface area contributed by atoms with Crippen LogP contribution in [0.4, 0.5) is 0 Å². The second kappa shape index (κ2) is 4.67. The minimum atomic E-state index is -0.236. The number of carbonyl (C=O) groups excluding carboxylic acids is 1. The zero-order valence-electron chi connectivity index (χ0n) is 7.18. The Hall–Kier alpha value is -0.280. The second-order valence-corrected chi connectivity index (χ2v) is 3.77. The van der Waals surface area contributed by atoms with Gasteiger partial charge < -0.3 is 10.1 Å². The molecule has 0 aromatic carbocycles. The lowest BCUT2D eigenvalue weighted by Gasteiger charge is -2.10. The van der Waals surface area contributed by atoms with Crippen molar-refractivity contribution in [2.45, 2.75) is 31.2 Å². The molecule has 70 valence electrons. The molecule has 1 N–H and O–H groups in total. The third-order valence-corrected chi connectivity index (χ3v) is 1.93. The van der Waals surface area contributed by atoms with Crippen LogP contribution < -0.4 is 5.32 Å². The molecule has 1 saturated heterocycles. The summed E-state index contributed by atoms with van der Waals surface area (Å²) in [5, 5.41) is 2.71. The highest BCUT2D eigenvalue weighted by Crippen LogP contribution is 2.11. The number of ether oxygens (including phenoxy) is 1. The predicted octanol–water partition coefficient (Wildman–Crippen LogP) is 0.909. The number of hydrogen-bond donors (Lipinski definition) is 1. The Morgan fingerprint density at radius 2 is 2.58 bits per heavy atom. The Morgan fingerprint density at radius 3 is 3.08 bits per heavy atom. The molecule has 0 aliphatic carbocycles. The van der Waals surface area contributed by atoms with Crippen LogP contribution in [-0.4, -0.2) is 30.5 Å². The van der Waals surface area contributed by atoms with E-state index in [0.717, 1.165) is 12.8 Å². The van der Waals surface area contributed by atoms with Gasteiger partial charge in [0.05, 0.1) is 0 Å². The summed E-state index contributed by atoms with van der Waals surface area (Å²) in [5.74, 6) is -0.0278. The monoisotopic (exact) mass is 191 g/mol. The van der Waals surface area contributed by atoms with E-state index in [0.29, 0.717) is 13.2 Å². The topological polar surface area (TPSA) is 38.3 Å². The largest absolute Gasteiger partial charge is 0.368 e. The van der Waals surface area contributed by atoms with Crippen LogP contribution in [0.25, 0.3) is 0 Å². The van der Waals surface area contributed by atoms with E-state index in [2.05, 4.69) is 5.32 Å². The average molecular weight is 192 g/mol. The van der Waals surface area contributed by atoms with Gasteiger partial charge in [-0.3, -0.25) is 4.79 Å². The van der Waals surface area contributed by atoms with Gasteiger partial charge in [0.15, 0.2) is 0 Å². The molecule has 0 spiro atoms. The first-order chi connectivity index (χ1) is 5.70. The van der Waals surface area contributed by atoms with E-state index in [9.17, 15) is 4.79 Å². The highest BCUT2D eigenvalue weighted by molar-refractivity contribution is 6.20. The summed E-state index contributed by atoms with van der Waals surface area (Å²) >= 11 is 5.67. The van der Waals surface area contributed by atoms with Crippen molar-refractivity contribution >= 4 is 17.5 Å². The van der Waals surface area contributed by atoms with Crippen LogP contribution in [0.3, 0.4) is 0 Å². The van der Waals surface area contributed by atoms with Crippen molar-refractivity contribution in [3.8, 4) is 0 Å². The van der Waals surface area contributed by atoms with Crippen LogP contribution in [-0.2, 0) is 9.53 Å². The number of rotatable bonds is 3. The molecular weight excluding hydrogens is 178 g/mol. The van der Waals surface area contributed by atoms with Crippen LogP contribution in [0.5, 0.6) is 0 Å². The summed E-state index contributed by atoms with van der Waals surface area (Å²) in [6, 6.07) is 0. The standard InChI is InChI=1S/C8H14ClNO2/c1-6(9)5-10-8(11)7-3-2-4-12-7/h6-7H,2-5H2,1H3,(H,10,11). The predicted molar refractivity (Wildman–Crippen MR) is 47.3 cm³/mol. The molecular formula is C8H14ClNO2. The second-order valence-electron chi connectivity index (χ2n) is 3.03. The third kappa shape index (κ3) is 2.99. The third-order valence-electron chi connectivity index (χ3n) is 1.78. The highest BCUT2D eigenvalue weighted by atomic mass is 35.5. The van der Waals surface area contributed by atoms with Gasteiger partial charge in [0.2, 0.25) is 5.91 Å². The number of amides is 1. The van der Waals surface area contributed by atoms with Gasteiger partial charge in [-0.1, -0.05) is 0 Å². The number of carbonyl (C=O) groups is 1. The number of nitrogens with one attached hydrogen (secondary N) is 1. The molecule has 1 aliphatic rings. The van der Waals surface area contributed by atoms with Gasteiger partial charge in [-0.2, -0.15) is 0 Å². The summed E-state index contributed by atoms with van der Waals surface area (Å²) in [4.78, 5) is 11.3. The highest BCUT2D eigenvalue weighted by Gasteiger charge is 2.23. The van der Waals surface area contributed by atoms with Gasteiger partial charge in [-0.25, -0.2) is 0 Å². The number of hydrogen-bond acceptors (Lipinski definition) is 2. The maximum atomic E-state index is 11.3. The summed E-state index contributed by atoms with van der Waals surface area (Å²) in [5.41, 5.74) is 0. The van der Waals surface area contributed by atoms with Crippen molar-refractivity contribution in [2.75, 3.05) is 13.2 Å². The Morgan fingerprint density at radius 1 is 1.83 bits per heavy atom. The van der Waals surface area contributed by atoms with Crippen LogP contribution in [0.2, 0.25) is 0 Å². The van der Waals surface area contributed by atoms with Crippen LogP contribution in [0.15, 0.2) is 0 Å². The van der Waals surface area contributed by atoms with E-state index in [-0.39, 0.29) is 17.4 Å². The molecule has 12 heavy (non-hydrogen) atoms. The molecule has 0 aromatic heterocycles. The quantitative estimate of drug-likeness (QED) is 0.674. The molecule has 1 aliphatic heterocycles. The molecule has 2 unspecified atom stereocenters. The van der Waals surface area contributed by atoms with Crippen molar-refractivity contribution < 1.29 is 9.53 Å². The normalized spacial score (nSPS) is 25.3. The Kier molecular flexibility index (Phi) is 3.82. The van der Waals surface area contributed by atoms with Crippen molar-refractivity contribution in [3.63, 3.8) is 0 Å². The zero-order chi connectivity index (χ0) is 8.97. The van der Waals surface area contributed by atoms with E-state index < -0.39 is 0 Å². The van der Waals surface area contributed by atoms with E-state index in [1.54, 1.807) is 0 Å². The Labute approximate surface area is 77.4 Å². The molecule has 1 fully saturated rings. The van der Waals surface area contributed by atoms with E-state index >= 15 is 0 Å². The maximum absolute atomic E-state index is 11.3. The fraction of sp³-hybridized carbons (Fsp3) is 0.875. The first-order valence-electron chi connectivity index (χ1n) is 4.23. The first kappa shape index (κ1) is 9.81. The minimum Gasteiger partial charge on any atom is -0.368 e. The van der Waals surface area contributed by atoms with Crippen molar-refractivity contribution in [1.29, 1.82) is 0 Å². The summed E-state index contributed by atoms with van der Waals surface area (Å²) < 4.78 is 5.19. The van der Waals surface area contributed by atoms with Crippen molar-refractivity contribution in [2.24, 2.45) is 0 Å². The molecule has 1 heterocycles. The molecule has 0 aromatic rings. The number of alkyl halides is 1. The molecule has 0 radical (unpaired) electrons.